The van der Waals surface area contributed by atoms with Crippen LogP contribution in [0.4, 0.5) is 11.4 Å². The number of rotatable bonds is 6. The molecule has 2 amide bonds. The summed E-state index contributed by atoms with van der Waals surface area (Å²) in [4.78, 5) is 32.4. The van der Waals surface area contributed by atoms with Gasteiger partial charge in [0.25, 0.3) is 5.91 Å². The molecule has 1 N–H and O–H groups in total. The molecule has 7 nitrogen and oxygen atoms in total. The fraction of sp³-hybridized carbons (Fsp3) is 0.261. The highest BCUT2D eigenvalue weighted by Crippen LogP contribution is 2.37. The number of hydrogen-bond donors (Lipinski definition) is 1. The summed E-state index contributed by atoms with van der Waals surface area (Å²) in [5.41, 5.74) is 2.97. The number of carbonyl (C=O) groups is 2. The van der Waals surface area contributed by atoms with Crippen LogP contribution >= 0.6 is 11.3 Å². The summed E-state index contributed by atoms with van der Waals surface area (Å²) in [7, 11) is 0. The Morgan fingerprint density at radius 2 is 2.00 bits per heavy atom. The van der Waals surface area contributed by atoms with Crippen molar-refractivity contribution in [2.24, 2.45) is 0 Å². The maximum Gasteiger partial charge on any atom is 0.265 e. The SMILES string of the molecule is CCOc1ccc(NC(=O)CN2C(=O)COc3ccc(-c4nc(C)sc4C)cc32)cc1. The van der Waals surface area contributed by atoms with Crippen LogP contribution in [0.3, 0.4) is 0 Å². The van der Waals surface area contributed by atoms with E-state index in [-0.39, 0.29) is 25.0 Å². The van der Waals surface area contributed by atoms with Crippen LogP contribution in [0.25, 0.3) is 11.3 Å². The average Bonchev–Trinajstić information content (AvgIpc) is 3.09. The van der Waals surface area contributed by atoms with E-state index in [1.165, 1.54) is 4.90 Å². The van der Waals surface area contributed by atoms with Gasteiger partial charge in [-0.25, -0.2) is 4.98 Å². The Hall–Kier alpha value is -3.39. The molecule has 3 aromatic rings. The first-order valence-corrected chi connectivity index (χ1v) is 10.8. The molecule has 0 unspecified atom stereocenters. The second-order valence-corrected chi connectivity index (χ2v) is 8.50. The molecular weight excluding hydrogens is 414 g/mol. The molecule has 0 bridgehead atoms. The number of carbonyl (C=O) groups excluding carboxylic acids is 2. The van der Waals surface area contributed by atoms with E-state index >= 15 is 0 Å². The lowest BCUT2D eigenvalue weighted by Gasteiger charge is -2.29. The third kappa shape index (κ3) is 4.54. The van der Waals surface area contributed by atoms with E-state index in [0.717, 1.165) is 26.9 Å². The molecule has 4 rings (SSSR count). The van der Waals surface area contributed by atoms with Gasteiger partial charge in [-0.05, 0) is 63.2 Å². The monoisotopic (exact) mass is 437 g/mol. The van der Waals surface area contributed by atoms with Crippen molar-refractivity contribution in [3.05, 3.63) is 52.3 Å². The minimum Gasteiger partial charge on any atom is -0.494 e. The van der Waals surface area contributed by atoms with E-state index < -0.39 is 0 Å². The zero-order valence-corrected chi connectivity index (χ0v) is 18.4. The van der Waals surface area contributed by atoms with Gasteiger partial charge < -0.3 is 14.8 Å². The number of benzene rings is 2. The Morgan fingerprint density at radius 3 is 2.68 bits per heavy atom. The van der Waals surface area contributed by atoms with E-state index in [1.54, 1.807) is 35.6 Å². The standard InChI is InChI=1S/C23H23N3O4S/c1-4-29-18-8-6-17(7-9-18)25-21(27)12-26-19-11-16(23-14(2)31-15(3)24-23)5-10-20(19)30-13-22(26)28/h5-11H,4,12-13H2,1-3H3,(H,25,27). The number of nitrogens with one attached hydrogen (secondary N) is 1. The summed E-state index contributed by atoms with van der Waals surface area (Å²) in [6.07, 6.45) is 0. The normalized spacial score (nSPS) is 12.9. The smallest absolute Gasteiger partial charge is 0.265 e. The predicted octanol–water partition coefficient (Wildman–Crippen LogP) is 4.19. The van der Waals surface area contributed by atoms with Crippen molar-refractivity contribution >= 4 is 34.5 Å². The van der Waals surface area contributed by atoms with Crippen LogP contribution in [-0.2, 0) is 9.59 Å². The van der Waals surface area contributed by atoms with Crippen molar-refractivity contribution in [3.63, 3.8) is 0 Å². The topological polar surface area (TPSA) is 80.8 Å². The number of aryl methyl sites for hydroxylation is 2. The van der Waals surface area contributed by atoms with Crippen LogP contribution in [0.15, 0.2) is 42.5 Å². The molecule has 1 aromatic heterocycles. The first kappa shape index (κ1) is 20.9. The molecule has 2 heterocycles. The summed E-state index contributed by atoms with van der Waals surface area (Å²) in [5.74, 6) is 0.744. The highest BCUT2D eigenvalue weighted by atomic mass is 32.1. The molecule has 1 aliphatic heterocycles. The number of hydrogen-bond acceptors (Lipinski definition) is 6. The van der Waals surface area contributed by atoms with Gasteiger partial charge in [0.15, 0.2) is 6.61 Å². The summed E-state index contributed by atoms with van der Waals surface area (Å²) in [6.45, 7) is 6.26. The molecule has 31 heavy (non-hydrogen) atoms. The molecule has 0 radical (unpaired) electrons. The summed E-state index contributed by atoms with van der Waals surface area (Å²) in [5, 5.41) is 3.80. The van der Waals surface area contributed by atoms with E-state index in [1.807, 2.05) is 39.0 Å². The van der Waals surface area contributed by atoms with E-state index in [0.29, 0.717) is 23.7 Å². The van der Waals surface area contributed by atoms with Crippen molar-refractivity contribution in [1.82, 2.24) is 4.98 Å². The fourth-order valence-corrected chi connectivity index (χ4v) is 4.30. The molecule has 0 atom stereocenters. The van der Waals surface area contributed by atoms with E-state index in [9.17, 15) is 9.59 Å². The van der Waals surface area contributed by atoms with Crippen LogP contribution < -0.4 is 19.7 Å². The van der Waals surface area contributed by atoms with Crippen molar-refractivity contribution < 1.29 is 19.1 Å². The Balaban J connectivity index is 1.55. The Kier molecular flexibility index (Phi) is 5.90. The number of nitrogens with zero attached hydrogens (tertiary/aromatic N) is 2. The van der Waals surface area contributed by atoms with Gasteiger partial charge in [-0.1, -0.05) is 0 Å². The summed E-state index contributed by atoms with van der Waals surface area (Å²) < 4.78 is 11.0. The maximum atomic E-state index is 12.7. The molecule has 0 fully saturated rings. The van der Waals surface area contributed by atoms with Crippen LogP contribution in [0.1, 0.15) is 16.8 Å². The highest BCUT2D eigenvalue weighted by Gasteiger charge is 2.28. The maximum absolute atomic E-state index is 12.7. The minimum absolute atomic E-state index is 0.0997. The number of fused-ring (bicyclic) bond motifs is 1. The van der Waals surface area contributed by atoms with Crippen molar-refractivity contribution in [2.45, 2.75) is 20.8 Å². The molecule has 2 aromatic carbocycles. The minimum atomic E-state index is -0.295. The second-order valence-electron chi connectivity index (χ2n) is 7.09. The number of amides is 2. The predicted molar refractivity (Wildman–Crippen MR) is 121 cm³/mol. The summed E-state index contributed by atoms with van der Waals surface area (Å²) >= 11 is 1.62. The third-order valence-corrected chi connectivity index (χ3v) is 5.72. The zero-order chi connectivity index (χ0) is 22.0. The van der Waals surface area contributed by atoms with Gasteiger partial charge in [0.2, 0.25) is 5.91 Å². The van der Waals surface area contributed by atoms with Gasteiger partial charge in [0.05, 0.1) is 23.0 Å². The quantitative estimate of drug-likeness (QED) is 0.625. The van der Waals surface area contributed by atoms with E-state index in [2.05, 4.69) is 10.3 Å². The number of aromatic nitrogens is 1. The largest absolute Gasteiger partial charge is 0.494 e. The Bertz CT molecular complexity index is 1120. The molecule has 8 heteroatoms. The zero-order valence-electron chi connectivity index (χ0n) is 17.6. The van der Waals surface area contributed by atoms with Crippen molar-refractivity contribution in [1.29, 1.82) is 0 Å². The lowest BCUT2D eigenvalue weighted by Crippen LogP contribution is -2.43. The third-order valence-electron chi connectivity index (χ3n) is 4.83. The molecule has 0 saturated carbocycles. The highest BCUT2D eigenvalue weighted by molar-refractivity contribution is 7.11. The number of anilines is 2. The molecule has 0 spiro atoms. The summed E-state index contributed by atoms with van der Waals surface area (Å²) in [6, 6.07) is 12.7. The van der Waals surface area contributed by atoms with Crippen LogP contribution in [0, 0.1) is 13.8 Å². The van der Waals surface area contributed by atoms with Gasteiger partial charge in [0, 0.05) is 16.1 Å². The molecule has 0 saturated heterocycles. The lowest BCUT2D eigenvalue weighted by molar-refractivity contribution is -0.123. The van der Waals surface area contributed by atoms with Gasteiger partial charge in [-0.2, -0.15) is 0 Å². The second kappa shape index (κ2) is 8.77. The lowest BCUT2D eigenvalue weighted by atomic mass is 10.1. The average molecular weight is 438 g/mol. The van der Waals surface area contributed by atoms with Gasteiger partial charge in [-0.3, -0.25) is 14.5 Å². The van der Waals surface area contributed by atoms with Crippen molar-refractivity contribution in [3.8, 4) is 22.8 Å². The molecule has 1 aliphatic rings. The molecule has 0 aliphatic carbocycles. The first-order chi connectivity index (χ1) is 14.9. The number of ether oxygens (including phenoxy) is 2. The van der Waals surface area contributed by atoms with E-state index in [4.69, 9.17) is 9.47 Å². The van der Waals surface area contributed by atoms with Crippen molar-refractivity contribution in [2.75, 3.05) is 30.0 Å². The fourth-order valence-electron chi connectivity index (χ4n) is 3.46. The van der Waals surface area contributed by atoms with Gasteiger partial charge in [-0.15, -0.1) is 11.3 Å². The molecular formula is C23H23N3O4S. The van der Waals surface area contributed by atoms with Crippen LogP contribution in [0.2, 0.25) is 0 Å². The van der Waals surface area contributed by atoms with Crippen LogP contribution in [0.5, 0.6) is 11.5 Å². The van der Waals surface area contributed by atoms with Gasteiger partial charge in [0.1, 0.15) is 18.0 Å². The Labute approximate surface area is 184 Å². The first-order valence-electron chi connectivity index (χ1n) is 9.99. The number of thiazole rings is 1. The van der Waals surface area contributed by atoms with Crippen LogP contribution in [-0.4, -0.2) is 36.6 Å². The Morgan fingerprint density at radius 1 is 1.23 bits per heavy atom. The molecule has 160 valence electrons. The van der Waals surface area contributed by atoms with Gasteiger partial charge >= 0.3 is 0 Å².